The third-order valence-corrected chi connectivity index (χ3v) is 5.18. The number of nitrogens with zero attached hydrogens (tertiary/aromatic N) is 2. The van der Waals surface area contributed by atoms with Gasteiger partial charge in [0.05, 0.1) is 0 Å². The Bertz CT molecular complexity index is 406. The minimum absolute atomic E-state index is 0.0383. The van der Waals surface area contributed by atoms with Gasteiger partial charge in [-0.25, -0.2) is 0 Å². The highest BCUT2D eigenvalue weighted by molar-refractivity contribution is 5.92. The van der Waals surface area contributed by atoms with Crippen LogP contribution in [0.2, 0.25) is 0 Å². The lowest BCUT2D eigenvalue weighted by Gasteiger charge is -2.46. The lowest BCUT2D eigenvalue weighted by molar-refractivity contribution is -0.160. The number of rotatable bonds is 3. The Morgan fingerprint density at radius 2 is 2.05 bits per heavy atom. The summed E-state index contributed by atoms with van der Waals surface area (Å²) in [6, 6.07) is 0. The molecule has 2 amide bonds. The molecule has 1 saturated heterocycles. The summed E-state index contributed by atoms with van der Waals surface area (Å²) < 4.78 is 0. The third-order valence-electron chi connectivity index (χ3n) is 5.18. The first-order chi connectivity index (χ1) is 9.87. The molecule has 2 fully saturated rings. The zero-order chi connectivity index (χ0) is 15.6. The second kappa shape index (κ2) is 6.34. The van der Waals surface area contributed by atoms with Gasteiger partial charge in [-0.3, -0.25) is 9.59 Å². The van der Waals surface area contributed by atoms with Crippen LogP contribution < -0.4 is 5.73 Å². The molecule has 5 heteroatoms. The number of likely N-dealkylation sites (N-methyl/N-ethyl adjacent to an activating group) is 1. The van der Waals surface area contributed by atoms with E-state index >= 15 is 0 Å². The Labute approximate surface area is 127 Å². The Morgan fingerprint density at radius 1 is 1.33 bits per heavy atom. The number of carbonyl (C=O) groups is 2. The molecular weight excluding hydrogens is 266 g/mol. The molecule has 0 radical (unpaired) electrons. The van der Waals surface area contributed by atoms with Gasteiger partial charge in [-0.15, -0.1) is 0 Å². The lowest BCUT2D eigenvalue weighted by Crippen LogP contribution is -2.64. The van der Waals surface area contributed by atoms with Crippen LogP contribution >= 0.6 is 0 Å². The summed E-state index contributed by atoms with van der Waals surface area (Å²) >= 11 is 0. The minimum atomic E-state index is -0.717. The first-order valence-corrected chi connectivity index (χ1v) is 8.15. The highest BCUT2D eigenvalue weighted by Gasteiger charge is 2.45. The molecule has 0 aromatic rings. The number of carbonyl (C=O) groups excluding carboxylic acids is 2. The quantitative estimate of drug-likeness (QED) is 0.851. The van der Waals surface area contributed by atoms with E-state index in [2.05, 4.69) is 0 Å². The molecule has 0 bridgehead atoms. The summed E-state index contributed by atoms with van der Waals surface area (Å²) in [5, 5.41) is 0. The van der Waals surface area contributed by atoms with Crippen molar-refractivity contribution in [1.29, 1.82) is 0 Å². The van der Waals surface area contributed by atoms with Crippen LogP contribution in [0.3, 0.4) is 0 Å². The van der Waals surface area contributed by atoms with Crippen molar-refractivity contribution in [3.05, 3.63) is 0 Å². The normalized spacial score (nSPS) is 29.6. The molecule has 2 N–H and O–H groups in total. The van der Waals surface area contributed by atoms with Crippen molar-refractivity contribution in [2.45, 2.75) is 51.5 Å². The van der Waals surface area contributed by atoms with Crippen LogP contribution in [0.5, 0.6) is 0 Å². The summed E-state index contributed by atoms with van der Waals surface area (Å²) in [6.07, 6.45) is 5.19. The van der Waals surface area contributed by atoms with Crippen LogP contribution in [0.1, 0.15) is 46.0 Å². The van der Waals surface area contributed by atoms with E-state index in [0.717, 1.165) is 25.7 Å². The number of nitrogens with two attached hydrogens (primary N) is 1. The zero-order valence-corrected chi connectivity index (χ0v) is 13.6. The van der Waals surface area contributed by atoms with Gasteiger partial charge >= 0.3 is 0 Å². The summed E-state index contributed by atoms with van der Waals surface area (Å²) in [7, 11) is 1.81. The Balaban J connectivity index is 2.07. The van der Waals surface area contributed by atoms with Gasteiger partial charge in [-0.2, -0.15) is 0 Å². The van der Waals surface area contributed by atoms with E-state index in [4.69, 9.17) is 5.73 Å². The Morgan fingerprint density at radius 3 is 2.71 bits per heavy atom. The van der Waals surface area contributed by atoms with Crippen molar-refractivity contribution in [3.8, 4) is 0 Å². The maximum atomic E-state index is 12.9. The van der Waals surface area contributed by atoms with Crippen LogP contribution in [0.4, 0.5) is 0 Å². The van der Waals surface area contributed by atoms with E-state index in [1.165, 1.54) is 6.42 Å². The summed E-state index contributed by atoms with van der Waals surface area (Å²) in [5.74, 6) is 0.856. The number of amides is 2. The van der Waals surface area contributed by atoms with Gasteiger partial charge in [0, 0.05) is 26.1 Å². The van der Waals surface area contributed by atoms with Crippen LogP contribution in [-0.2, 0) is 9.59 Å². The van der Waals surface area contributed by atoms with E-state index in [0.29, 0.717) is 25.6 Å². The van der Waals surface area contributed by atoms with E-state index < -0.39 is 5.54 Å². The van der Waals surface area contributed by atoms with Gasteiger partial charge in [0.1, 0.15) is 5.54 Å². The smallest absolute Gasteiger partial charge is 0.247 e. The zero-order valence-electron chi connectivity index (χ0n) is 13.6. The molecule has 2 aliphatic rings. The van der Waals surface area contributed by atoms with E-state index in [1.807, 2.05) is 25.8 Å². The Hall–Kier alpha value is -1.10. The monoisotopic (exact) mass is 295 g/mol. The molecule has 0 spiro atoms. The second-order valence-electron chi connectivity index (χ2n) is 7.08. The number of piperazine rings is 1. The van der Waals surface area contributed by atoms with Gasteiger partial charge in [0.2, 0.25) is 11.8 Å². The van der Waals surface area contributed by atoms with Gasteiger partial charge in [-0.1, -0.05) is 12.8 Å². The fourth-order valence-corrected chi connectivity index (χ4v) is 3.83. The van der Waals surface area contributed by atoms with Crippen molar-refractivity contribution >= 4 is 11.8 Å². The third kappa shape index (κ3) is 3.23. The molecule has 0 aromatic heterocycles. The highest BCUT2D eigenvalue weighted by Crippen LogP contribution is 2.34. The molecular formula is C16H29N3O2. The van der Waals surface area contributed by atoms with Crippen LogP contribution in [0.15, 0.2) is 0 Å². The first kappa shape index (κ1) is 16.3. The molecule has 2 atom stereocenters. The van der Waals surface area contributed by atoms with Gasteiger partial charge < -0.3 is 15.5 Å². The molecule has 1 aliphatic heterocycles. The molecule has 2 unspecified atom stereocenters. The average molecular weight is 295 g/mol. The summed E-state index contributed by atoms with van der Waals surface area (Å²) in [4.78, 5) is 28.8. The lowest BCUT2D eigenvalue weighted by atomic mass is 9.78. The molecule has 21 heavy (non-hydrogen) atoms. The predicted molar refractivity (Wildman–Crippen MR) is 82.5 cm³/mol. The molecule has 1 aliphatic carbocycles. The summed E-state index contributed by atoms with van der Waals surface area (Å²) in [6.45, 7) is 5.70. The van der Waals surface area contributed by atoms with Crippen LogP contribution in [-0.4, -0.2) is 53.8 Å². The van der Waals surface area contributed by atoms with Gasteiger partial charge in [0.25, 0.3) is 0 Å². The predicted octanol–water partition coefficient (Wildman–Crippen LogP) is 1.22. The largest absolute Gasteiger partial charge is 0.342 e. The topological polar surface area (TPSA) is 66.6 Å². The SMILES string of the molecule is CN1CCN(C(=O)C2CCCC(CCN)C2)C(C)(C)C1=O. The van der Waals surface area contributed by atoms with Gasteiger partial charge in [0.15, 0.2) is 0 Å². The van der Waals surface area contributed by atoms with E-state index in [1.54, 1.807) is 4.90 Å². The summed E-state index contributed by atoms with van der Waals surface area (Å²) in [5.41, 5.74) is 4.94. The average Bonchev–Trinajstić information content (AvgIpc) is 2.45. The molecule has 120 valence electrons. The maximum Gasteiger partial charge on any atom is 0.247 e. The van der Waals surface area contributed by atoms with Crippen LogP contribution in [0.25, 0.3) is 0 Å². The molecule has 1 heterocycles. The van der Waals surface area contributed by atoms with E-state index in [-0.39, 0.29) is 17.7 Å². The minimum Gasteiger partial charge on any atom is -0.342 e. The molecule has 1 saturated carbocycles. The van der Waals surface area contributed by atoms with Crippen molar-refractivity contribution in [2.24, 2.45) is 17.6 Å². The van der Waals surface area contributed by atoms with Crippen molar-refractivity contribution in [2.75, 3.05) is 26.7 Å². The molecule has 5 nitrogen and oxygen atoms in total. The van der Waals surface area contributed by atoms with Crippen molar-refractivity contribution in [1.82, 2.24) is 9.80 Å². The first-order valence-electron chi connectivity index (χ1n) is 8.15. The number of hydrogen-bond acceptors (Lipinski definition) is 3. The number of hydrogen-bond donors (Lipinski definition) is 1. The Kier molecular flexibility index (Phi) is 4.91. The second-order valence-corrected chi connectivity index (χ2v) is 7.08. The maximum absolute atomic E-state index is 12.9. The van der Waals surface area contributed by atoms with E-state index in [9.17, 15) is 9.59 Å². The van der Waals surface area contributed by atoms with Crippen LogP contribution in [0, 0.1) is 11.8 Å². The van der Waals surface area contributed by atoms with Crippen molar-refractivity contribution < 1.29 is 9.59 Å². The van der Waals surface area contributed by atoms with Gasteiger partial charge in [-0.05, 0) is 45.6 Å². The standard InChI is InChI=1S/C16H29N3O2/c1-16(2)15(21)18(3)9-10-19(16)14(20)13-6-4-5-12(11-13)7-8-17/h12-13H,4-11,17H2,1-3H3. The molecule has 2 rings (SSSR count). The highest BCUT2D eigenvalue weighted by atomic mass is 16.2. The van der Waals surface area contributed by atoms with Crippen molar-refractivity contribution in [3.63, 3.8) is 0 Å². The fraction of sp³-hybridized carbons (Fsp3) is 0.875. The fourth-order valence-electron chi connectivity index (χ4n) is 3.83. The molecule has 0 aromatic carbocycles.